The number of halogens is 1. The third kappa shape index (κ3) is 2.72. The molecule has 0 aliphatic heterocycles. The Morgan fingerprint density at radius 2 is 2.14 bits per heavy atom. The van der Waals surface area contributed by atoms with Crippen LogP contribution in [0, 0.1) is 6.92 Å². The highest BCUT2D eigenvalue weighted by molar-refractivity contribution is 9.10. The largest absolute Gasteiger partial charge is 0.496 e. The molecule has 0 heterocycles. The molecule has 3 heteroatoms. The molecule has 78 valence electrons. The van der Waals surface area contributed by atoms with Crippen molar-refractivity contribution in [3.05, 3.63) is 27.7 Å². The zero-order valence-electron chi connectivity index (χ0n) is 8.64. The molecule has 14 heavy (non-hydrogen) atoms. The number of aryl methyl sites for hydroxylation is 2. The number of hydrogen-bond acceptors (Lipinski definition) is 2. The molecule has 0 radical (unpaired) electrons. The van der Waals surface area contributed by atoms with Crippen molar-refractivity contribution < 1.29 is 4.74 Å². The second-order valence-electron chi connectivity index (χ2n) is 3.31. The van der Waals surface area contributed by atoms with Gasteiger partial charge in [-0.2, -0.15) is 0 Å². The van der Waals surface area contributed by atoms with Crippen molar-refractivity contribution in [3.8, 4) is 5.75 Å². The van der Waals surface area contributed by atoms with E-state index in [-0.39, 0.29) is 0 Å². The van der Waals surface area contributed by atoms with Crippen molar-refractivity contribution in [2.45, 2.75) is 19.8 Å². The Labute approximate surface area is 93.6 Å². The average Bonchev–Trinajstić information content (AvgIpc) is 2.14. The van der Waals surface area contributed by atoms with Crippen LogP contribution in [0.2, 0.25) is 0 Å². The highest BCUT2D eigenvalue weighted by Crippen LogP contribution is 2.28. The van der Waals surface area contributed by atoms with E-state index in [1.54, 1.807) is 7.11 Å². The van der Waals surface area contributed by atoms with Crippen LogP contribution in [0.15, 0.2) is 16.6 Å². The lowest BCUT2D eigenvalue weighted by Gasteiger charge is -2.11. The topological polar surface area (TPSA) is 35.2 Å². The molecular weight excluding hydrogens is 242 g/mol. The van der Waals surface area contributed by atoms with Gasteiger partial charge in [0, 0.05) is 4.47 Å². The summed E-state index contributed by atoms with van der Waals surface area (Å²) < 4.78 is 6.47. The number of benzene rings is 1. The van der Waals surface area contributed by atoms with E-state index < -0.39 is 0 Å². The Bertz CT molecular complexity index is 312. The second-order valence-corrected chi connectivity index (χ2v) is 4.22. The molecule has 0 spiro atoms. The molecule has 0 bridgehead atoms. The van der Waals surface area contributed by atoms with Crippen LogP contribution in [0.5, 0.6) is 5.75 Å². The van der Waals surface area contributed by atoms with Crippen LogP contribution >= 0.6 is 15.9 Å². The molecule has 1 aromatic carbocycles. The number of hydrogen-bond donors (Lipinski definition) is 1. The van der Waals surface area contributed by atoms with Crippen molar-refractivity contribution in [2.75, 3.05) is 13.7 Å². The lowest BCUT2D eigenvalue weighted by molar-refractivity contribution is 0.406. The second kappa shape index (κ2) is 5.37. The van der Waals surface area contributed by atoms with Crippen LogP contribution in [0.25, 0.3) is 0 Å². The normalized spacial score (nSPS) is 10.3. The molecule has 0 amide bonds. The Morgan fingerprint density at radius 1 is 1.43 bits per heavy atom. The van der Waals surface area contributed by atoms with Crippen LogP contribution in [-0.2, 0) is 6.42 Å². The van der Waals surface area contributed by atoms with E-state index >= 15 is 0 Å². The van der Waals surface area contributed by atoms with E-state index in [4.69, 9.17) is 10.5 Å². The van der Waals surface area contributed by atoms with Crippen molar-refractivity contribution in [1.29, 1.82) is 0 Å². The fourth-order valence-electron chi connectivity index (χ4n) is 1.57. The quantitative estimate of drug-likeness (QED) is 0.901. The summed E-state index contributed by atoms with van der Waals surface area (Å²) >= 11 is 3.48. The number of rotatable bonds is 4. The lowest BCUT2D eigenvalue weighted by Crippen LogP contribution is -2.02. The Morgan fingerprint density at radius 3 is 2.71 bits per heavy atom. The molecule has 1 rings (SSSR count). The van der Waals surface area contributed by atoms with Gasteiger partial charge in [-0.05, 0) is 49.6 Å². The molecule has 0 aromatic heterocycles. The molecule has 0 unspecified atom stereocenters. The van der Waals surface area contributed by atoms with E-state index in [0.717, 1.165) is 28.6 Å². The Hall–Kier alpha value is -0.540. The minimum atomic E-state index is 0.717. The van der Waals surface area contributed by atoms with Gasteiger partial charge >= 0.3 is 0 Å². The number of methoxy groups -OCH3 is 1. The molecule has 0 fully saturated rings. The summed E-state index contributed by atoms with van der Waals surface area (Å²) in [5.74, 6) is 0.988. The van der Waals surface area contributed by atoms with E-state index in [1.807, 2.05) is 0 Å². The minimum Gasteiger partial charge on any atom is -0.496 e. The zero-order valence-corrected chi connectivity index (χ0v) is 10.2. The molecule has 1 aromatic rings. The highest BCUT2D eigenvalue weighted by atomic mass is 79.9. The van der Waals surface area contributed by atoms with Gasteiger partial charge < -0.3 is 10.5 Å². The van der Waals surface area contributed by atoms with Gasteiger partial charge in [-0.25, -0.2) is 0 Å². The zero-order chi connectivity index (χ0) is 10.6. The predicted molar refractivity (Wildman–Crippen MR) is 62.8 cm³/mol. The first-order valence-corrected chi connectivity index (χ1v) is 5.51. The van der Waals surface area contributed by atoms with E-state index in [0.29, 0.717) is 6.54 Å². The maximum absolute atomic E-state index is 5.49. The van der Waals surface area contributed by atoms with Crippen LogP contribution in [0.4, 0.5) is 0 Å². The molecule has 0 saturated carbocycles. The third-order valence-electron chi connectivity index (χ3n) is 2.17. The van der Waals surface area contributed by atoms with Crippen LogP contribution < -0.4 is 10.5 Å². The highest BCUT2D eigenvalue weighted by Gasteiger charge is 2.07. The number of nitrogens with two attached hydrogens (primary N) is 1. The Balaban J connectivity index is 2.99. The van der Waals surface area contributed by atoms with Crippen LogP contribution in [0.3, 0.4) is 0 Å². The minimum absolute atomic E-state index is 0.717. The van der Waals surface area contributed by atoms with Gasteiger partial charge in [-0.1, -0.05) is 15.9 Å². The summed E-state index contributed by atoms with van der Waals surface area (Å²) in [5, 5.41) is 0. The maximum Gasteiger partial charge on any atom is 0.125 e. The van der Waals surface area contributed by atoms with Gasteiger partial charge in [0.2, 0.25) is 0 Å². The van der Waals surface area contributed by atoms with Crippen molar-refractivity contribution in [2.24, 2.45) is 5.73 Å². The number of ether oxygens (including phenoxy) is 1. The first kappa shape index (κ1) is 11.5. The van der Waals surface area contributed by atoms with E-state index in [1.165, 1.54) is 5.56 Å². The van der Waals surface area contributed by atoms with Gasteiger partial charge in [0.25, 0.3) is 0 Å². The molecule has 0 aliphatic rings. The SMILES string of the molecule is COc1c(C)cc(Br)cc1CCCN. The van der Waals surface area contributed by atoms with Gasteiger partial charge in [0.1, 0.15) is 5.75 Å². The molecular formula is C11H16BrNO. The first-order chi connectivity index (χ1) is 6.69. The van der Waals surface area contributed by atoms with Crippen LogP contribution in [-0.4, -0.2) is 13.7 Å². The van der Waals surface area contributed by atoms with Crippen LogP contribution in [0.1, 0.15) is 17.5 Å². The monoisotopic (exact) mass is 257 g/mol. The molecule has 0 saturated heterocycles. The Kier molecular flexibility index (Phi) is 4.42. The summed E-state index contributed by atoms with van der Waals surface area (Å²) in [6.07, 6.45) is 1.96. The standard InChI is InChI=1S/C11H16BrNO/c1-8-6-10(12)7-9(4-3-5-13)11(8)14-2/h6-7H,3-5,13H2,1-2H3. The van der Waals surface area contributed by atoms with Gasteiger partial charge in [-0.15, -0.1) is 0 Å². The summed E-state index contributed by atoms with van der Waals surface area (Å²) in [6.45, 7) is 2.77. The average molecular weight is 258 g/mol. The fraction of sp³-hybridized carbons (Fsp3) is 0.455. The van der Waals surface area contributed by atoms with Crippen molar-refractivity contribution in [1.82, 2.24) is 0 Å². The smallest absolute Gasteiger partial charge is 0.125 e. The van der Waals surface area contributed by atoms with Crippen molar-refractivity contribution >= 4 is 15.9 Å². The van der Waals surface area contributed by atoms with Crippen molar-refractivity contribution in [3.63, 3.8) is 0 Å². The third-order valence-corrected chi connectivity index (χ3v) is 2.63. The van der Waals surface area contributed by atoms with Gasteiger partial charge in [0.15, 0.2) is 0 Å². The lowest BCUT2D eigenvalue weighted by atomic mass is 10.1. The fourth-order valence-corrected chi connectivity index (χ4v) is 2.19. The van der Waals surface area contributed by atoms with Gasteiger partial charge in [-0.3, -0.25) is 0 Å². The predicted octanol–water partition coefficient (Wildman–Crippen LogP) is 2.66. The molecule has 0 atom stereocenters. The van der Waals surface area contributed by atoms with E-state index in [2.05, 4.69) is 35.0 Å². The maximum atomic E-state index is 5.49. The van der Waals surface area contributed by atoms with E-state index in [9.17, 15) is 0 Å². The molecule has 2 N–H and O–H groups in total. The molecule has 2 nitrogen and oxygen atoms in total. The first-order valence-electron chi connectivity index (χ1n) is 4.72. The summed E-state index contributed by atoms with van der Waals surface area (Å²) in [4.78, 5) is 0. The van der Waals surface area contributed by atoms with Gasteiger partial charge in [0.05, 0.1) is 7.11 Å². The molecule has 0 aliphatic carbocycles. The summed E-state index contributed by atoms with van der Waals surface area (Å²) in [5.41, 5.74) is 7.88. The summed E-state index contributed by atoms with van der Waals surface area (Å²) in [7, 11) is 1.71. The summed E-state index contributed by atoms with van der Waals surface area (Å²) in [6, 6.07) is 4.16.